The number of hydrogen-bond donors (Lipinski definition) is 1. The third-order valence-electron chi connectivity index (χ3n) is 3.19. The number of carbonyl (C=O) groups is 3. The second-order valence-corrected chi connectivity index (χ2v) is 5.81. The zero-order chi connectivity index (χ0) is 15.1. The van der Waals surface area contributed by atoms with Gasteiger partial charge in [0, 0.05) is 4.47 Å². The number of rotatable bonds is 1. The first-order valence-corrected chi connectivity index (χ1v) is 6.64. The molecule has 0 spiro atoms. The summed E-state index contributed by atoms with van der Waals surface area (Å²) in [5, 5.41) is 2.17. The van der Waals surface area contributed by atoms with Crippen molar-refractivity contribution >= 4 is 33.7 Å². The van der Waals surface area contributed by atoms with Gasteiger partial charge in [-0.3, -0.25) is 19.7 Å². The maximum absolute atomic E-state index is 13.3. The molecule has 1 N–H and O–H groups in total. The average Bonchev–Trinajstić information content (AvgIpc) is 2.36. The normalized spacial score (nSPS) is 17.9. The second kappa shape index (κ2) is 4.97. The molecule has 0 radical (unpaired) electrons. The van der Waals surface area contributed by atoms with E-state index in [9.17, 15) is 18.8 Å². The molecular formula is C13H12BrFN2O3. The van der Waals surface area contributed by atoms with E-state index in [-0.39, 0.29) is 12.1 Å². The van der Waals surface area contributed by atoms with Crippen LogP contribution in [0.4, 0.5) is 4.39 Å². The minimum Gasteiger partial charge on any atom is -0.315 e. The molecule has 1 heterocycles. The Kier molecular flexibility index (Phi) is 3.64. The highest BCUT2D eigenvalue weighted by molar-refractivity contribution is 9.10. The maximum atomic E-state index is 13.3. The third kappa shape index (κ3) is 2.45. The molecule has 1 aliphatic heterocycles. The smallest absolute Gasteiger partial charge is 0.256 e. The molecular weight excluding hydrogens is 331 g/mol. The molecule has 0 unspecified atom stereocenters. The van der Waals surface area contributed by atoms with Crippen LogP contribution in [0.15, 0.2) is 22.7 Å². The van der Waals surface area contributed by atoms with Crippen LogP contribution in [-0.4, -0.2) is 34.7 Å². The molecule has 106 valence electrons. The molecule has 0 aliphatic carbocycles. The van der Waals surface area contributed by atoms with E-state index in [0.717, 1.165) is 11.0 Å². The van der Waals surface area contributed by atoms with Crippen LogP contribution in [0.1, 0.15) is 24.2 Å². The van der Waals surface area contributed by atoms with Crippen LogP contribution in [0, 0.1) is 5.82 Å². The van der Waals surface area contributed by atoms with Gasteiger partial charge < -0.3 is 4.90 Å². The molecule has 0 saturated carbocycles. The standard InChI is InChI=1S/C13H12BrFN2O3/c1-13(2)12(20)16-10(18)6-17(13)11(19)8-5-7(15)3-4-9(8)14/h3-5H,6H2,1-2H3,(H,16,18,20). The average molecular weight is 343 g/mol. The molecule has 1 aromatic carbocycles. The molecule has 2 rings (SSSR count). The molecule has 1 aromatic rings. The Morgan fingerprint density at radius 2 is 2.05 bits per heavy atom. The second-order valence-electron chi connectivity index (χ2n) is 4.95. The van der Waals surface area contributed by atoms with Gasteiger partial charge in [0.15, 0.2) is 0 Å². The minimum atomic E-state index is -1.18. The van der Waals surface area contributed by atoms with Gasteiger partial charge in [-0.1, -0.05) is 0 Å². The fraction of sp³-hybridized carbons (Fsp3) is 0.308. The Labute approximate surface area is 123 Å². The molecule has 0 bridgehead atoms. The Morgan fingerprint density at radius 1 is 1.40 bits per heavy atom. The summed E-state index contributed by atoms with van der Waals surface area (Å²) in [5.41, 5.74) is -1.11. The van der Waals surface area contributed by atoms with E-state index in [2.05, 4.69) is 21.2 Å². The van der Waals surface area contributed by atoms with Crippen molar-refractivity contribution in [1.82, 2.24) is 10.2 Å². The first-order chi connectivity index (χ1) is 9.23. The number of carbonyl (C=O) groups excluding carboxylic acids is 3. The van der Waals surface area contributed by atoms with Gasteiger partial charge >= 0.3 is 0 Å². The number of nitrogens with one attached hydrogen (secondary N) is 1. The van der Waals surface area contributed by atoms with Gasteiger partial charge in [0.05, 0.1) is 5.56 Å². The summed E-state index contributed by atoms with van der Waals surface area (Å²) in [5.74, 6) is -2.27. The van der Waals surface area contributed by atoms with Crippen molar-refractivity contribution < 1.29 is 18.8 Å². The molecule has 20 heavy (non-hydrogen) atoms. The van der Waals surface area contributed by atoms with Crippen LogP contribution in [-0.2, 0) is 9.59 Å². The molecule has 1 fully saturated rings. The van der Waals surface area contributed by atoms with Crippen LogP contribution in [0.5, 0.6) is 0 Å². The number of amides is 3. The van der Waals surface area contributed by atoms with Gasteiger partial charge in [-0.25, -0.2) is 4.39 Å². The van der Waals surface area contributed by atoms with Crippen molar-refractivity contribution in [2.45, 2.75) is 19.4 Å². The van der Waals surface area contributed by atoms with Gasteiger partial charge in [0.1, 0.15) is 17.9 Å². The van der Waals surface area contributed by atoms with Crippen molar-refractivity contribution in [2.75, 3.05) is 6.54 Å². The predicted molar refractivity (Wildman–Crippen MR) is 72.4 cm³/mol. The lowest BCUT2D eigenvalue weighted by atomic mass is 9.97. The Bertz CT molecular complexity index is 616. The molecule has 5 nitrogen and oxygen atoms in total. The number of benzene rings is 1. The maximum Gasteiger partial charge on any atom is 0.256 e. The summed E-state index contributed by atoms with van der Waals surface area (Å²) >= 11 is 3.17. The van der Waals surface area contributed by atoms with Gasteiger partial charge in [0.25, 0.3) is 11.8 Å². The van der Waals surface area contributed by atoms with E-state index < -0.39 is 29.1 Å². The van der Waals surface area contributed by atoms with E-state index in [1.54, 1.807) is 0 Å². The highest BCUT2D eigenvalue weighted by Crippen LogP contribution is 2.25. The Hall–Kier alpha value is -1.76. The molecule has 1 aliphatic rings. The summed E-state index contributed by atoms with van der Waals surface area (Å²) in [6.45, 7) is 2.81. The molecule has 3 amide bonds. The summed E-state index contributed by atoms with van der Waals surface area (Å²) in [6, 6.07) is 3.68. The highest BCUT2D eigenvalue weighted by Gasteiger charge is 2.44. The van der Waals surface area contributed by atoms with E-state index in [0.29, 0.717) is 4.47 Å². The SMILES string of the molecule is CC1(C)C(=O)NC(=O)CN1C(=O)c1cc(F)ccc1Br. The topological polar surface area (TPSA) is 66.5 Å². The summed E-state index contributed by atoms with van der Waals surface area (Å²) in [6.07, 6.45) is 0. The van der Waals surface area contributed by atoms with Gasteiger partial charge in [-0.05, 0) is 48.0 Å². The van der Waals surface area contributed by atoms with Crippen molar-refractivity contribution in [3.63, 3.8) is 0 Å². The Morgan fingerprint density at radius 3 is 2.70 bits per heavy atom. The first kappa shape index (κ1) is 14.6. The molecule has 0 atom stereocenters. The van der Waals surface area contributed by atoms with Crippen molar-refractivity contribution in [2.24, 2.45) is 0 Å². The van der Waals surface area contributed by atoms with Crippen LogP contribution >= 0.6 is 15.9 Å². The van der Waals surface area contributed by atoms with E-state index in [1.165, 1.54) is 26.0 Å². The highest BCUT2D eigenvalue weighted by atomic mass is 79.9. The lowest BCUT2D eigenvalue weighted by Gasteiger charge is -2.40. The van der Waals surface area contributed by atoms with E-state index in [1.807, 2.05) is 0 Å². The minimum absolute atomic E-state index is 0.0700. The lowest BCUT2D eigenvalue weighted by Crippen LogP contribution is -2.65. The quantitative estimate of drug-likeness (QED) is 0.786. The monoisotopic (exact) mass is 342 g/mol. The summed E-state index contributed by atoms with van der Waals surface area (Å²) in [7, 11) is 0. The van der Waals surface area contributed by atoms with Crippen molar-refractivity contribution in [3.8, 4) is 0 Å². The van der Waals surface area contributed by atoms with Crippen molar-refractivity contribution in [1.29, 1.82) is 0 Å². The van der Waals surface area contributed by atoms with Gasteiger partial charge in [0.2, 0.25) is 5.91 Å². The third-order valence-corrected chi connectivity index (χ3v) is 3.88. The predicted octanol–water partition coefficient (Wildman–Crippen LogP) is 1.47. The van der Waals surface area contributed by atoms with Gasteiger partial charge in [-0.15, -0.1) is 0 Å². The first-order valence-electron chi connectivity index (χ1n) is 5.85. The molecule has 1 saturated heterocycles. The fourth-order valence-electron chi connectivity index (χ4n) is 1.92. The van der Waals surface area contributed by atoms with Crippen molar-refractivity contribution in [3.05, 3.63) is 34.1 Å². The van der Waals surface area contributed by atoms with Gasteiger partial charge in [-0.2, -0.15) is 0 Å². The number of halogens is 2. The van der Waals surface area contributed by atoms with E-state index in [4.69, 9.17) is 0 Å². The van der Waals surface area contributed by atoms with Crippen LogP contribution in [0.2, 0.25) is 0 Å². The number of hydrogen-bond acceptors (Lipinski definition) is 3. The fourth-order valence-corrected chi connectivity index (χ4v) is 2.33. The molecule has 0 aromatic heterocycles. The number of nitrogens with zero attached hydrogens (tertiary/aromatic N) is 1. The van der Waals surface area contributed by atoms with Crippen LogP contribution in [0.25, 0.3) is 0 Å². The van der Waals surface area contributed by atoms with Crippen LogP contribution in [0.3, 0.4) is 0 Å². The largest absolute Gasteiger partial charge is 0.315 e. The summed E-state index contributed by atoms with van der Waals surface area (Å²) in [4.78, 5) is 36.9. The number of piperazine rings is 1. The zero-order valence-corrected chi connectivity index (χ0v) is 12.5. The Balaban J connectivity index is 2.43. The summed E-state index contributed by atoms with van der Waals surface area (Å²) < 4.78 is 13.7. The number of imide groups is 1. The lowest BCUT2D eigenvalue weighted by molar-refractivity contribution is -0.143. The van der Waals surface area contributed by atoms with Crippen LogP contribution < -0.4 is 5.32 Å². The van der Waals surface area contributed by atoms with E-state index >= 15 is 0 Å². The zero-order valence-electron chi connectivity index (χ0n) is 10.9. The molecule has 7 heteroatoms.